The maximum atomic E-state index is 10.7. The number of rotatable bonds is 5. The van der Waals surface area contributed by atoms with E-state index >= 15 is 0 Å². The normalized spacial score (nSPS) is 12.2. The summed E-state index contributed by atoms with van der Waals surface area (Å²) in [6.45, 7) is 3.87. The Kier molecular flexibility index (Phi) is 4.31. The molecule has 0 aliphatic heterocycles. The summed E-state index contributed by atoms with van der Waals surface area (Å²) in [4.78, 5) is 10.7. The van der Waals surface area contributed by atoms with Crippen molar-refractivity contribution in [2.45, 2.75) is 26.4 Å². The number of hydrogen-bond donors (Lipinski definition) is 2. The number of carbonyl (C=O) groups is 1. The Morgan fingerprint density at radius 1 is 1.50 bits per heavy atom. The third-order valence-corrected chi connectivity index (χ3v) is 2.32. The first-order chi connectivity index (χ1) is 7.54. The van der Waals surface area contributed by atoms with Crippen molar-refractivity contribution in [2.75, 3.05) is 6.61 Å². The van der Waals surface area contributed by atoms with E-state index in [-0.39, 0.29) is 12.2 Å². The van der Waals surface area contributed by atoms with Crippen LogP contribution in [0.2, 0.25) is 0 Å². The molecule has 2 N–H and O–H groups in total. The van der Waals surface area contributed by atoms with E-state index in [9.17, 15) is 9.90 Å². The van der Waals surface area contributed by atoms with Crippen LogP contribution in [0.25, 0.3) is 0 Å². The van der Waals surface area contributed by atoms with Gasteiger partial charge in [-0.3, -0.25) is 0 Å². The van der Waals surface area contributed by atoms with Gasteiger partial charge in [0.1, 0.15) is 12.4 Å². The van der Waals surface area contributed by atoms with E-state index in [2.05, 4.69) is 0 Å². The van der Waals surface area contributed by atoms with E-state index in [0.717, 1.165) is 5.56 Å². The van der Waals surface area contributed by atoms with E-state index in [0.29, 0.717) is 12.2 Å². The van der Waals surface area contributed by atoms with Gasteiger partial charge in [-0.1, -0.05) is 6.92 Å². The summed E-state index contributed by atoms with van der Waals surface area (Å²) in [7, 11) is 0. The molecule has 1 rings (SSSR count). The van der Waals surface area contributed by atoms with Crippen LogP contribution in [0.1, 0.15) is 29.3 Å². The van der Waals surface area contributed by atoms with Gasteiger partial charge >= 0.3 is 5.97 Å². The van der Waals surface area contributed by atoms with Crippen LogP contribution in [-0.4, -0.2) is 28.9 Å². The Morgan fingerprint density at radius 3 is 2.69 bits per heavy atom. The Bertz CT molecular complexity index is 373. The highest BCUT2D eigenvalue weighted by Crippen LogP contribution is 2.19. The summed E-state index contributed by atoms with van der Waals surface area (Å²) < 4.78 is 5.38. The first-order valence-electron chi connectivity index (χ1n) is 5.19. The van der Waals surface area contributed by atoms with Crippen LogP contribution in [0.15, 0.2) is 18.2 Å². The van der Waals surface area contributed by atoms with E-state index in [1.54, 1.807) is 19.1 Å². The number of aryl methyl sites for hydroxylation is 1. The molecule has 0 bridgehead atoms. The van der Waals surface area contributed by atoms with Crippen molar-refractivity contribution in [3.05, 3.63) is 29.3 Å². The molecule has 0 amide bonds. The summed E-state index contributed by atoms with van der Waals surface area (Å²) in [6.07, 6.45) is 0.144. The van der Waals surface area contributed by atoms with Gasteiger partial charge in [0, 0.05) is 0 Å². The highest BCUT2D eigenvalue weighted by atomic mass is 16.5. The number of carboxylic acid groups (broad SMARTS) is 1. The predicted octanol–water partition coefficient (Wildman–Crippen LogP) is 1.84. The van der Waals surface area contributed by atoms with Gasteiger partial charge in [0.2, 0.25) is 0 Å². The Hall–Kier alpha value is -1.55. The van der Waals surface area contributed by atoms with Crippen molar-refractivity contribution < 1.29 is 19.7 Å². The molecule has 88 valence electrons. The molecule has 1 atom stereocenters. The fraction of sp³-hybridized carbons (Fsp3) is 0.417. The van der Waals surface area contributed by atoms with Crippen LogP contribution < -0.4 is 4.74 Å². The van der Waals surface area contributed by atoms with E-state index in [4.69, 9.17) is 9.84 Å². The van der Waals surface area contributed by atoms with Crippen LogP contribution in [-0.2, 0) is 0 Å². The molecule has 16 heavy (non-hydrogen) atoms. The Morgan fingerprint density at radius 2 is 2.19 bits per heavy atom. The maximum absolute atomic E-state index is 10.7. The first-order valence-corrected chi connectivity index (χ1v) is 5.19. The maximum Gasteiger partial charge on any atom is 0.335 e. The van der Waals surface area contributed by atoms with Gasteiger partial charge in [-0.05, 0) is 37.1 Å². The van der Waals surface area contributed by atoms with Crippen LogP contribution in [0.3, 0.4) is 0 Å². The fourth-order valence-corrected chi connectivity index (χ4v) is 1.25. The summed E-state index contributed by atoms with van der Waals surface area (Å²) in [5.41, 5.74) is 0.990. The van der Waals surface area contributed by atoms with Crippen LogP contribution >= 0.6 is 0 Å². The van der Waals surface area contributed by atoms with Crippen molar-refractivity contribution in [1.29, 1.82) is 0 Å². The molecule has 1 aromatic carbocycles. The quantitative estimate of drug-likeness (QED) is 0.800. The second kappa shape index (κ2) is 5.51. The average molecular weight is 224 g/mol. The largest absolute Gasteiger partial charge is 0.491 e. The first kappa shape index (κ1) is 12.5. The Balaban J connectivity index is 2.72. The number of hydrogen-bond acceptors (Lipinski definition) is 3. The van der Waals surface area contributed by atoms with Crippen LogP contribution in [0.4, 0.5) is 0 Å². The minimum Gasteiger partial charge on any atom is -0.491 e. The number of benzene rings is 1. The predicted molar refractivity (Wildman–Crippen MR) is 59.9 cm³/mol. The molecule has 4 heteroatoms. The number of aromatic carboxylic acids is 1. The molecule has 0 heterocycles. The molecule has 1 unspecified atom stereocenters. The van der Waals surface area contributed by atoms with Gasteiger partial charge in [0.25, 0.3) is 0 Å². The molecule has 0 aliphatic carbocycles. The molecule has 0 fully saturated rings. The van der Waals surface area contributed by atoms with E-state index in [1.807, 2.05) is 6.92 Å². The van der Waals surface area contributed by atoms with Crippen LogP contribution in [0, 0.1) is 6.92 Å². The highest BCUT2D eigenvalue weighted by molar-refractivity contribution is 5.88. The summed E-state index contributed by atoms with van der Waals surface area (Å²) in [6, 6.07) is 4.65. The number of aliphatic hydroxyl groups is 1. The second-order valence-corrected chi connectivity index (χ2v) is 3.66. The van der Waals surface area contributed by atoms with Gasteiger partial charge in [-0.15, -0.1) is 0 Å². The summed E-state index contributed by atoms with van der Waals surface area (Å²) in [5, 5.41) is 18.1. The molecule has 0 saturated carbocycles. The fourth-order valence-electron chi connectivity index (χ4n) is 1.25. The number of carboxylic acids is 1. The zero-order valence-corrected chi connectivity index (χ0v) is 9.43. The lowest BCUT2D eigenvalue weighted by molar-refractivity contribution is 0.0696. The topological polar surface area (TPSA) is 66.8 Å². The molecular weight excluding hydrogens is 208 g/mol. The van der Waals surface area contributed by atoms with Gasteiger partial charge in [0.15, 0.2) is 0 Å². The van der Waals surface area contributed by atoms with Gasteiger partial charge in [0.05, 0.1) is 11.7 Å². The standard InChI is InChI=1S/C12H16O4/c1-3-10(13)7-16-11-5-4-9(12(14)15)6-8(11)2/h4-6,10,13H,3,7H2,1-2H3,(H,14,15). The minimum absolute atomic E-state index is 0.226. The van der Waals surface area contributed by atoms with Gasteiger partial charge in [-0.25, -0.2) is 4.79 Å². The molecule has 1 aromatic rings. The molecule has 0 aliphatic rings. The third-order valence-electron chi connectivity index (χ3n) is 2.32. The monoisotopic (exact) mass is 224 g/mol. The molecule has 4 nitrogen and oxygen atoms in total. The lowest BCUT2D eigenvalue weighted by Gasteiger charge is -2.12. The van der Waals surface area contributed by atoms with Crippen LogP contribution in [0.5, 0.6) is 5.75 Å². The number of aliphatic hydroxyl groups excluding tert-OH is 1. The van der Waals surface area contributed by atoms with Crippen molar-refractivity contribution in [2.24, 2.45) is 0 Å². The van der Waals surface area contributed by atoms with Crippen molar-refractivity contribution in [3.63, 3.8) is 0 Å². The molecule has 0 radical (unpaired) electrons. The van der Waals surface area contributed by atoms with Crippen molar-refractivity contribution in [1.82, 2.24) is 0 Å². The van der Waals surface area contributed by atoms with E-state index < -0.39 is 12.1 Å². The smallest absolute Gasteiger partial charge is 0.335 e. The third kappa shape index (κ3) is 3.24. The zero-order chi connectivity index (χ0) is 12.1. The molecule has 0 saturated heterocycles. The molecule has 0 spiro atoms. The van der Waals surface area contributed by atoms with Crippen molar-refractivity contribution in [3.8, 4) is 5.75 Å². The lowest BCUT2D eigenvalue weighted by Crippen LogP contribution is -2.16. The summed E-state index contributed by atoms with van der Waals surface area (Å²) in [5.74, 6) is -0.347. The van der Waals surface area contributed by atoms with Gasteiger partial charge < -0.3 is 14.9 Å². The number of ether oxygens (including phenoxy) is 1. The van der Waals surface area contributed by atoms with Gasteiger partial charge in [-0.2, -0.15) is 0 Å². The van der Waals surface area contributed by atoms with Crippen molar-refractivity contribution >= 4 is 5.97 Å². The molecular formula is C12H16O4. The Labute approximate surface area is 94.5 Å². The second-order valence-electron chi connectivity index (χ2n) is 3.66. The SMILES string of the molecule is CCC(O)COc1ccc(C(=O)O)cc1C. The average Bonchev–Trinajstić information content (AvgIpc) is 2.26. The summed E-state index contributed by atoms with van der Waals surface area (Å²) >= 11 is 0. The lowest BCUT2D eigenvalue weighted by atomic mass is 10.1. The minimum atomic E-state index is -0.955. The zero-order valence-electron chi connectivity index (χ0n) is 9.43. The van der Waals surface area contributed by atoms with E-state index in [1.165, 1.54) is 6.07 Å². The molecule has 0 aromatic heterocycles. The highest BCUT2D eigenvalue weighted by Gasteiger charge is 2.08.